The number of para-hydroxylation sites is 1. The smallest absolute Gasteiger partial charge is 0.375 e. The van der Waals surface area contributed by atoms with Gasteiger partial charge in [-0.1, -0.05) is 23.4 Å². The lowest BCUT2D eigenvalue weighted by Crippen LogP contribution is -2.05. The molecule has 0 aliphatic heterocycles. The summed E-state index contributed by atoms with van der Waals surface area (Å²) in [5.74, 6) is -0.403. The Hall–Kier alpha value is -3.48. The molecule has 0 aliphatic rings. The molecule has 2 aromatic carbocycles. The predicted molar refractivity (Wildman–Crippen MR) is 89.8 cm³/mol. The Balaban J connectivity index is 1.47. The fourth-order valence-corrected chi connectivity index (χ4v) is 2.59. The maximum Gasteiger partial charge on any atom is 0.375 e. The van der Waals surface area contributed by atoms with Crippen LogP contribution in [0, 0.1) is 12.7 Å². The van der Waals surface area contributed by atoms with Gasteiger partial charge in [-0.2, -0.15) is 4.98 Å². The number of hydrogen-bond acceptors (Lipinski definition) is 6. The Kier molecular flexibility index (Phi) is 3.96. The fourth-order valence-electron chi connectivity index (χ4n) is 2.59. The van der Waals surface area contributed by atoms with Gasteiger partial charge in [-0.3, -0.25) is 0 Å². The molecule has 130 valence electrons. The van der Waals surface area contributed by atoms with Gasteiger partial charge in [0.05, 0.1) is 0 Å². The fraction of sp³-hybridized carbons (Fsp3) is 0.105. The van der Waals surface area contributed by atoms with Crippen LogP contribution in [0.4, 0.5) is 4.39 Å². The lowest BCUT2D eigenvalue weighted by atomic mass is 10.1. The molecule has 0 amide bonds. The van der Waals surface area contributed by atoms with E-state index >= 15 is 0 Å². The van der Waals surface area contributed by atoms with E-state index in [2.05, 4.69) is 10.1 Å². The highest BCUT2D eigenvalue weighted by molar-refractivity contribution is 5.95. The SMILES string of the molecule is Cc1c(C(=O)OCc2nc(-c3ccc(F)cc3)no2)oc2ccccc12. The monoisotopic (exact) mass is 352 g/mol. The number of ether oxygens (including phenoxy) is 1. The van der Waals surface area contributed by atoms with E-state index in [9.17, 15) is 9.18 Å². The van der Waals surface area contributed by atoms with Crippen molar-refractivity contribution in [1.29, 1.82) is 0 Å². The number of carbonyl (C=O) groups is 1. The predicted octanol–water partition coefficient (Wildman–Crippen LogP) is 4.29. The van der Waals surface area contributed by atoms with Gasteiger partial charge >= 0.3 is 5.97 Å². The number of aromatic nitrogens is 2. The van der Waals surface area contributed by atoms with E-state index in [1.54, 1.807) is 13.0 Å². The zero-order valence-electron chi connectivity index (χ0n) is 13.7. The first kappa shape index (κ1) is 16.0. The minimum atomic E-state index is -0.611. The third-order valence-electron chi connectivity index (χ3n) is 3.93. The van der Waals surface area contributed by atoms with Crippen molar-refractivity contribution in [2.75, 3.05) is 0 Å². The van der Waals surface area contributed by atoms with Crippen molar-refractivity contribution in [3.63, 3.8) is 0 Å². The van der Waals surface area contributed by atoms with E-state index in [4.69, 9.17) is 13.7 Å². The molecule has 0 N–H and O–H groups in total. The van der Waals surface area contributed by atoms with Gasteiger partial charge in [0.15, 0.2) is 6.61 Å². The van der Waals surface area contributed by atoms with Gasteiger partial charge in [-0.25, -0.2) is 9.18 Å². The third-order valence-corrected chi connectivity index (χ3v) is 3.93. The molecule has 0 saturated carbocycles. The first-order chi connectivity index (χ1) is 12.6. The maximum absolute atomic E-state index is 13.0. The zero-order valence-corrected chi connectivity index (χ0v) is 13.7. The second-order valence-corrected chi connectivity index (χ2v) is 5.65. The molecule has 7 heteroatoms. The molecule has 0 bridgehead atoms. The van der Waals surface area contributed by atoms with E-state index in [0.717, 1.165) is 5.39 Å². The largest absolute Gasteiger partial charge is 0.450 e. The molecular formula is C19H13FN2O4. The number of furan rings is 1. The Bertz CT molecular complexity index is 1080. The maximum atomic E-state index is 13.0. The summed E-state index contributed by atoms with van der Waals surface area (Å²) in [6.45, 7) is 1.60. The number of esters is 1. The number of fused-ring (bicyclic) bond motifs is 1. The average Bonchev–Trinajstić information content (AvgIpc) is 3.26. The number of halogens is 1. The van der Waals surface area contributed by atoms with Gasteiger partial charge in [0, 0.05) is 16.5 Å². The number of hydrogen-bond donors (Lipinski definition) is 0. The van der Waals surface area contributed by atoms with Crippen LogP contribution in [0.2, 0.25) is 0 Å². The molecule has 0 saturated heterocycles. The van der Waals surface area contributed by atoms with Crippen molar-refractivity contribution < 1.29 is 22.9 Å². The first-order valence-corrected chi connectivity index (χ1v) is 7.85. The zero-order chi connectivity index (χ0) is 18.1. The summed E-state index contributed by atoms with van der Waals surface area (Å²) in [4.78, 5) is 16.4. The molecule has 2 aromatic heterocycles. The summed E-state index contributed by atoms with van der Waals surface area (Å²) in [7, 11) is 0. The van der Waals surface area contributed by atoms with Crippen molar-refractivity contribution >= 4 is 16.9 Å². The molecule has 0 unspecified atom stereocenters. The van der Waals surface area contributed by atoms with Crippen LogP contribution in [0.1, 0.15) is 22.0 Å². The highest BCUT2D eigenvalue weighted by atomic mass is 19.1. The summed E-state index contributed by atoms with van der Waals surface area (Å²) in [6, 6.07) is 13.0. The van der Waals surface area contributed by atoms with E-state index < -0.39 is 5.97 Å². The molecule has 0 spiro atoms. The van der Waals surface area contributed by atoms with Crippen molar-refractivity contribution in [2.24, 2.45) is 0 Å². The molecule has 4 rings (SSSR count). The molecular weight excluding hydrogens is 339 g/mol. The third kappa shape index (κ3) is 2.95. The number of rotatable bonds is 4. The van der Waals surface area contributed by atoms with Gasteiger partial charge in [0.25, 0.3) is 5.89 Å². The molecule has 0 atom stereocenters. The van der Waals surface area contributed by atoms with Crippen LogP contribution in [0.5, 0.6) is 0 Å². The van der Waals surface area contributed by atoms with Gasteiger partial charge in [-0.15, -0.1) is 0 Å². The van der Waals surface area contributed by atoms with Gasteiger partial charge in [0.1, 0.15) is 11.4 Å². The minimum absolute atomic E-state index is 0.131. The number of carbonyl (C=O) groups excluding carboxylic acids is 1. The quantitative estimate of drug-likeness (QED) is 0.510. The molecule has 4 aromatic rings. The number of aryl methyl sites for hydroxylation is 1. The van der Waals surface area contributed by atoms with Crippen LogP contribution in [-0.4, -0.2) is 16.1 Å². The topological polar surface area (TPSA) is 78.4 Å². The van der Waals surface area contributed by atoms with Crippen molar-refractivity contribution in [3.05, 3.63) is 71.6 Å². The van der Waals surface area contributed by atoms with Crippen molar-refractivity contribution in [2.45, 2.75) is 13.5 Å². The highest BCUT2D eigenvalue weighted by Crippen LogP contribution is 2.25. The lowest BCUT2D eigenvalue weighted by Gasteiger charge is -1.99. The van der Waals surface area contributed by atoms with Crippen LogP contribution in [-0.2, 0) is 11.3 Å². The lowest BCUT2D eigenvalue weighted by molar-refractivity contribution is 0.0395. The van der Waals surface area contributed by atoms with Gasteiger partial charge in [-0.05, 0) is 37.3 Å². The molecule has 6 nitrogen and oxygen atoms in total. The van der Waals surface area contributed by atoms with Gasteiger partial charge < -0.3 is 13.7 Å². The molecule has 0 radical (unpaired) electrons. The molecule has 26 heavy (non-hydrogen) atoms. The Morgan fingerprint density at radius 1 is 1.15 bits per heavy atom. The second-order valence-electron chi connectivity index (χ2n) is 5.65. The molecule has 0 aliphatic carbocycles. The summed E-state index contributed by atoms with van der Waals surface area (Å²) >= 11 is 0. The van der Waals surface area contributed by atoms with Crippen molar-refractivity contribution in [1.82, 2.24) is 10.1 Å². The van der Waals surface area contributed by atoms with Gasteiger partial charge in [0.2, 0.25) is 11.6 Å². The summed E-state index contributed by atoms with van der Waals surface area (Å²) < 4.78 is 28.8. The van der Waals surface area contributed by atoms with Crippen LogP contribution in [0.15, 0.2) is 57.5 Å². The molecule has 2 heterocycles. The van der Waals surface area contributed by atoms with Crippen molar-refractivity contribution in [3.8, 4) is 11.4 Å². The Morgan fingerprint density at radius 3 is 2.69 bits per heavy atom. The van der Waals surface area contributed by atoms with E-state index in [-0.39, 0.29) is 29.9 Å². The normalized spacial score (nSPS) is 11.0. The summed E-state index contributed by atoms with van der Waals surface area (Å²) in [5, 5.41) is 4.65. The number of nitrogens with zero attached hydrogens (tertiary/aromatic N) is 2. The van der Waals surface area contributed by atoms with Crippen LogP contribution < -0.4 is 0 Å². The Labute approximate surface area is 147 Å². The van der Waals surface area contributed by atoms with Crippen LogP contribution >= 0.6 is 0 Å². The van der Waals surface area contributed by atoms with Crippen LogP contribution in [0.25, 0.3) is 22.4 Å². The van der Waals surface area contributed by atoms with E-state index in [1.807, 2.05) is 18.2 Å². The van der Waals surface area contributed by atoms with E-state index in [0.29, 0.717) is 16.7 Å². The Morgan fingerprint density at radius 2 is 1.92 bits per heavy atom. The standard InChI is InChI=1S/C19H13FN2O4/c1-11-14-4-2-3-5-15(14)25-17(11)19(23)24-10-16-21-18(22-26-16)12-6-8-13(20)9-7-12/h2-9H,10H2,1H3. The second kappa shape index (κ2) is 6.44. The number of benzene rings is 2. The summed E-state index contributed by atoms with van der Waals surface area (Å²) in [6.07, 6.45) is 0. The van der Waals surface area contributed by atoms with E-state index in [1.165, 1.54) is 24.3 Å². The first-order valence-electron chi connectivity index (χ1n) is 7.85. The van der Waals surface area contributed by atoms with Crippen LogP contribution in [0.3, 0.4) is 0 Å². The average molecular weight is 352 g/mol. The molecule has 0 fully saturated rings. The minimum Gasteiger partial charge on any atom is -0.450 e. The highest BCUT2D eigenvalue weighted by Gasteiger charge is 2.20. The summed E-state index contributed by atoms with van der Waals surface area (Å²) in [5.41, 5.74) is 1.93.